The highest BCUT2D eigenvalue weighted by Gasteiger charge is 2.31. The summed E-state index contributed by atoms with van der Waals surface area (Å²) < 4.78 is 44.6. The van der Waals surface area contributed by atoms with E-state index in [2.05, 4.69) is 20.3 Å². The summed E-state index contributed by atoms with van der Waals surface area (Å²) in [7, 11) is 0. The Kier molecular flexibility index (Phi) is 6.01. The number of furan rings is 1. The van der Waals surface area contributed by atoms with E-state index in [1.807, 2.05) is 12.1 Å². The van der Waals surface area contributed by atoms with E-state index < -0.39 is 17.3 Å². The predicted molar refractivity (Wildman–Crippen MR) is 108 cm³/mol. The van der Waals surface area contributed by atoms with Crippen LogP contribution in [0.1, 0.15) is 30.2 Å². The Labute approximate surface area is 180 Å². The molecule has 1 saturated heterocycles. The Hall–Kier alpha value is -2.85. The normalized spacial score (nSPS) is 15.9. The van der Waals surface area contributed by atoms with E-state index in [0.717, 1.165) is 48.5 Å². The number of aromatic nitrogens is 3. The van der Waals surface area contributed by atoms with Crippen LogP contribution in [0.5, 0.6) is 0 Å². The molecule has 0 amide bonds. The molecule has 31 heavy (non-hydrogen) atoms. The third kappa shape index (κ3) is 4.59. The first-order chi connectivity index (χ1) is 14.8. The van der Waals surface area contributed by atoms with Gasteiger partial charge in [0, 0.05) is 12.7 Å². The number of nitrogens with one attached hydrogen (secondary N) is 1. The average molecular weight is 454 g/mol. The van der Waals surface area contributed by atoms with Gasteiger partial charge in [-0.15, -0.1) is 0 Å². The minimum atomic E-state index is -4.52. The van der Waals surface area contributed by atoms with Crippen molar-refractivity contribution < 1.29 is 17.6 Å². The lowest BCUT2D eigenvalue weighted by molar-refractivity contribution is -0.137. The largest absolute Gasteiger partial charge is 0.468 e. The van der Waals surface area contributed by atoms with Gasteiger partial charge in [-0.2, -0.15) is 23.0 Å². The molecule has 11 heteroatoms. The standard InChI is InChI=1S/C20H19ClF3N5O2/c21-18-14(25-12-15(16-4-3-9-31-16)28-7-1-2-8-28)11-27-29(19(18)30)17-6-5-13(10-26-17)20(22,23)24/h3-6,9-11,15,25H,1-2,7-8,12H2. The zero-order chi connectivity index (χ0) is 22.0. The summed E-state index contributed by atoms with van der Waals surface area (Å²) in [6, 6.07) is 5.60. The molecular weight excluding hydrogens is 435 g/mol. The van der Waals surface area contributed by atoms with Gasteiger partial charge < -0.3 is 9.73 Å². The molecule has 1 aliphatic rings. The summed E-state index contributed by atoms with van der Waals surface area (Å²) in [5.74, 6) is 0.748. The molecule has 0 aromatic carbocycles. The molecule has 4 rings (SSSR count). The second-order valence-electron chi connectivity index (χ2n) is 7.15. The fourth-order valence-corrected chi connectivity index (χ4v) is 3.74. The zero-order valence-corrected chi connectivity index (χ0v) is 17.0. The van der Waals surface area contributed by atoms with Crippen molar-refractivity contribution in [2.45, 2.75) is 25.1 Å². The molecule has 1 aliphatic heterocycles. The molecule has 0 saturated carbocycles. The second-order valence-corrected chi connectivity index (χ2v) is 7.53. The van der Waals surface area contributed by atoms with E-state index in [1.165, 1.54) is 6.20 Å². The molecule has 7 nitrogen and oxygen atoms in total. The van der Waals surface area contributed by atoms with Gasteiger partial charge in [-0.1, -0.05) is 11.6 Å². The van der Waals surface area contributed by atoms with Gasteiger partial charge in [0.15, 0.2) is 5.82 Å². The highest BCUT2D eigenvalue weighted by atomic mass is 35.5. The van der Waals surface area contributed by atoms with Crippen LogP contribution in [0.3, 0.4) is 0 Å². The highest BCUT2D eigenvalue weighted by molar-refractivity contribution is 6.32. The lowest BCUT2D eigenvalue weighted by Gasteiger charge is -2.26. The summed E-state index contributed by atoms with van der Waals surface area (Å²) in [4.78, 5) is 18.6. The summed E-state index contributed by atoms with van der Waals surface area (Å²) in [6.07, 6.45) is 1.31. The fourth-order valence-electron chi connectivity index (χ4n) is 3.55. The molecule has 4 heterocycles. The van der Waals surface area contributed by atoms with Crippen LogP contribution in [0.4, 0.5) is 18.9 Å². The van der Waals surface area contributed by atoms with Crippen molar-refractivity contribution in [2.75, 3.05) is 25.0 Å². The van der Waals surface area contributed by atoms with Crippen molar-refractivity contribution in [1.29, 1.82) is 0 Å². The molecule has 1 N–H and O–H groups in total. The van der Waals surface area contributed by atoms with Gasteiger partial charge in [0.1, 0.15) is 10.8 Å². The molecule has 0 radical (unpaired) electrons. The zero-order valence-electron chi connectivity index (χ0n) is 16.3. The molecule has 164 valence electrons. The average Bonchev–Trinajstić information content (AvgIpc) is 3.46. The van der Waals surface area contributed by atoms with Gasteiger partial charge in [-0.3, -0.25) is 9.69 Å². The third-order valence-electron chi connectivity index (χ3n) is 5.15. The minimum Gasteiger partial charge on any atom is -0.468 e. The van der Waals surface area contributed by atoms with Gasteiger partial charge in [-0.25, -0.2) is 4.98 Å². The Morgan fingerprint density at radius 3 is 2.58 bits per heavy atom. The van der Waals surface area contributed by atoms with Crippen molar-refractivity contribution in [3.63, 3.8) is 0 Å². The number of hydrogen-bond acceptors (Lipinski definition) is 6. The minimum absolute atomic E-state index is 0.0347. The van der Waals surface area contributed by atoms with Crippen molar-refractivity contribution in [3.05, 3.63) is 69.6 Å². The molecular formula is C20H19ClF3N5O2. The smallest absolute Gasteiger partial charge is 0.417 e. The molecule has 1 fully saturated rings. The first-order valence-electron chi connectivity index (χ1n) is 9.67. The molecule has 1 unspecified atom stereocenters. The Morgan fingerprint density at radius 2 is 1.97 bits per heavy atom. The predicted octanol–water partition coefficient (Wildman–Crippen LogP) is 4.14. The van der Waals surface area contributed by atoms with Crippen LogP contribution in [0, 0.1) is 0 Å². The quantitative estimate of drug-likeness (QED) is 0.604. The van der Waals surface area contributed by atoms with E-state index in [9.17, 15) is 18.0 Å². The van der Waals surface area contributed by atoms with Gasteiger partial charge in [0.05, 0.1) is 29.8 Å². The van der Waals surface area contributed by atoms with Gasteiger partial charge in [0.2, 0.25) is 0 Å². The molecule has 3 aromatic rings. The van der Waals surface area contributed by atoms with E-state index >= 15 is 0 Å². The topological polar surface area (TPSA) is 76.2 Å². The van der Waals surface area contributed by atoms with Crippen molar-refractivity contribution in [3.8, 4) is 5.82 Å². The summed E-state index contributed by atoms with van der Waals surface area (Å²) in [6.45, 7) is 2.33. The fraction of sp³-hybridized carbons (Fsp3) is 0.350. The molecule has 0 spiro atoms. The number of pyridine rings is 1. The summed E-state index contributed by atoms with van der Waals surface area (Å²) >= 11 is 6.24. The lowest BCUT2D eigenvalue weighted by atomic mass is 10.2. The number of likely N-dealkylation sites (tertiary alicyclic amines) is 1. The Bertz CT molecular complexity index is 1080. The third-order valence-corrected chi connectivity index (χ3v) is 5.52. The number of nitrogens with zero attached hydrogens (tertiary/aromatic N) is 4. The number of alkyl halides is 3. The van der Waals surface area contributed by atoms with Gasteiger partial charge in [-0.05, 0) is 50.2 Å². The van der Waals surface area contributed by atoms with Crippen LogP contribution in [-0.2, 0) is 6.18 Å². The van der Waals surface area contributed by atoms with Crippen molar-refractivity contribution in [2.24, 2.45) is 0 Å². The van der Waals surface area contributed by atoms with E-state index in [4.69, 9.17) is 16.0 Å². The van der Waals surface area contributed by atoms with Crippen LogP contribution >= 0.6 is 11.6 Å². The highest BCUT2D eigenvalue weighted by Crippen LogP contribution is 2.29. The van der Waals surface area contributed by atoms with Gasteiger partial charge in [0.25, 0.3) is 5.56 Å². The SMILES string of the molecule is O=c1c(Cl)c(NCC(c2ccco2)N2CCCC2)cnn1-c1ccc(C(F)(F)F)cn1. The van der Waals surface area contributed by atoms with Crippen LogP contribution < -0.4 is 10.9 Å². The summed E-state index contributed by atoms with van der Waals surface area (Å²) in [5.41, 5.74) is -1.28. The lowest BCUT2D eigenvalue weighted by Crippen LogP contribution is -2.31. The molecule has 3 aromatic heterocycles. The number of anilines is 1. The number of hydrogen-bond donors (Lipinski definition) is 1. The monoisotopic (exact) mass is 453 g/mol. The molecule has 0 bridgehead atoms. The Balaban J connectivity index is 1.54. The van der Waals surface area contributed by atoms with Crippen LogP contribution in [-0.4, -0.2) is 39.3 Å². The molecule has 1 atom stereocenters. The first-order valence-corrected chi connectivity index (χ1v) is 10.0. The maximum atomic E-state index is 12.7. The van der Waals surface area contributed by atoms with E-state index in [0.29, 0.717) is 18.4 Å². The van der Waals surface area contributed by atoms with Crippen LogP contribution in [0.2, 0.25) is 5.02 Å². The number of rotatable bonds is 6. The Morgan fingerprint density at radius 1 is 1.19 bits per heavy atom. The van der Waals surface area contributed by atoms with E-state index in [-0.39, 0.29) is 16.9 Å². The first kappa shape index (κ1) is 21.4. The van der Waals surface area contributed by atoms with Gasteiger partial charge >= 0.3 is 6.18 Å². The number of halogens is 4. The summed E-state index contributed by atoms with van der Waals surface area (Å²) in [5, 5.41) is 7.04. The van der Waals surface area contributed by atoms with Crippen LogP contribution in [0.25, 0.3) is 5.82 Å². The van der Waals surface area contributed by atoms with Crippen molar-refractivity contribution >= 4 is 17.3 Å². The second kappa shape index (κ2) is 8.72. The molecule has 0 aliphatic carbocycles. The van der Waals surface area contributed by atoms with Crippen LogP contribution in [0.15, 0.2) is 52.1 Å². The maximum Gasteiger partial charge on any atom is 0.417 e. The van der Waals surface area contributed by atoms with Crippen molar-refractivity contribution in [1.82, 2.24) is 19.7 Å². The van der Waals surface area contributed by atoms with E-state index in [1.54, 1.807) is 6.26 Å². The maximum absolute atomic E-state index is 12.7.